The summed E-state index contributed by atoms with van der Waals surface area (Å²) in [5, 5.41) is 0. The van der Waals surface area contributed by atoms with Gasteiger partial charge in [-0.1, -0.05) is 49.7 Å². The number of rotatable bonds is 4. The van der Waals surface area contributed by atoms with E-state index in [1.165, 1.54) is 43.5 Å². The minimum absolute atomic E-state index is 0.103. The first-order valence-electron chi connectivity index (χ1n) is 9.79. The van der Waals surface area contributed by atoms with Gasteiger partial charge in [-0.05, 0) is 60.7 Å². The molecule has 134 valence electrons. The Balaban J connectivity index is 1.53. The minimum atomic E-state index is -0.103. The molecule has 0 aliphatic carbocycles. The summed E-state index contributed by atoms with van der Waals surface area (Å²) in [6.07, 6.45) is 5.69. The number of benzene rings is 2. The third kappa shape index (κ3) is 3.49. The number of aryl methyl sites for hydroxylation is 1. The van der Waals surface area contributed by atoms with Gasteiger partial charge in [0, 0.05) is 18.5 Å². The molecule has 0 bridgehead atoms. The fraction of sp³-hybridized carbons (Fsp3) is 0.391. The SMILES string of the molecule is CCc1cccc2c1CC(c1ccc(CN3CCCCC3)cc1)=NC2=O. The molecule has 26 heavy (non-hydrogen) atoms. The summed E-state index contributed by atoms with van der Waals surface area (Å²) < 4.78 is 0. The van der Waals surface area contributed by atoms with E-state index in [1.807, 2.05) is 12.1 Å². The number of piperidine rings is 1. The van der Waals surface area contributed by atoms with E-state index in [2.05, 4.69) is 47.1 Å². The van der Waals surface area contributed by atoms with E-state index in [0.29, 0.717) is 0 Å². The maximum absolute atomic E-state index is 12.5. The lowest BCUT2D eigenvalue weighted by atomic mass is 9.90. The lowest BCUT2D eigenvalue weighted by molar-refractivity contribution is 0.1000. The molecule has 1 amide bonds. The van der Waals surface area contributed by atoms with Gasteiger partial charge in [0.05, 0.1) is 5.71 Å². The third-order valence-corrected chi connectivity index (χ3v) is 5.61. The van der Waals surface area contributed by atoms with E-state index in [4.69, 9.17) is 0 Å². The molecule has 3 heteroatoms. The van der Waals surface area contributed by atoms with Crippen molar-refractivity contribution in [2.75, 3.05) is 13.1 Å². The van der Waals surface area contributed by atoms with Crippen LogP contribution in [0.4, 0.5) is 0 Å². The molecule has 0 atom stereocenters. The zero-order valence-corrected chi connectivity index (χ0v) is 15.5. The molecular weight excluding hydrogens is 320 g/mol. The van der Waals surface area contributed by atoms with E-state index < -0.39 is 0 Å². The summed E-state index contributed by atoms with van der Waals surface area (Å²) in [5.41, 5.74) is 6.49. The molecule has 0 unspecified atom stereocenters. The lowest BCUT2D eigenvalue weighted by Crippen LogP contribution is -2.29. The first-order valence-corrected chi connectivity index (χ1v) is 9.79. The number of hydrogen-bond donors (Lipinski definition) is 0. The first kappa shape index (κ1) is 17.2. The van der Waals surface area contributed by atoms with Gasteiger partial charge >= 0.3 is 0 Å². The van der Waals surface area contributed by atoms with Crippen LogP contribution in [-0.4, -0.2) is 29.6 Å². The largest absolute Gasteiger partial charge is 0.299 e. The zero-order chi connectivity index (χ0) is 17.9. The van der Waals surface area contributed by atoms with E-state index in [1.54, 1.807) is 0 Å². The number of amides is 1. The van der Waals surface area contributed by atoms with Crippen molar-refractivity contribution in [3.8, 4) is 0 Å². The first-order chi connectivity index (χ1) is 12.7. The smallest absolute Gasteiger partial charge is 0.277 e. The standard InChI is InChI=1S/C23H26N2O/c1-2-18-7-6-8-20-21(18)15-22(24-23(20)26)19-11-9-17(10-12-19)16-25-13-4-3-5-14-25/h6-12H,2-5,13-16H2,1H3. The molecule has 2 aliphatic rings. The van der Waals surface area contributed by atoms with E-state index in [0.717, 1.165) is 41.8 Å². The number of carbonyl (C=O) groups excluding carboxylic acids is 1. The van der Waals surface area contributed by atoms with E-state index in [9.17, 15) is 4.79 Å². The predicted molar refractivity (Wildman–Crippen MR) is 106 cm³/mol. The number of likely N-dealkylation sites (tertiary alicyclic amines) is 1. The molecule has 2 aromatic carbocycles. The Morgan fingerprint density at radius 3 is 2.50 bits per heavy atom. The molecular formula is C23H26N2O. The van der Waals surface area contributed by atoms with Crippen LogP contribution in [0.5, 0.6) is 0 Å². The number of carbonyl (C=O) groups is 1. The van der Waals surface area contributed by atoms with E-state index in [-0.39, 0.29) is 5.91 Å². The van der Waals surface area contributed by atoms with Crippen LogP contribution in [0.1, 0.15) is 58.8 Å². The van der Waals surface area contributed by atoms with Crippen LogP contribution < -0.4 is 0 Å². The van der Waals surface area contributed by atoms with Crippen molar-refractivity contribution < 1.29 is 4.79 Å². The molecule has 3 nitrogen and oxygen atoms in total. The molecule has 0 aromatic heterocycles. The monoisotopic (exact) mass is 346 g/mol. The van der Waals surface area contributed by atoms with Crippen LogP contribution in [0.2, 0.25) is 0 Å². The van der Waals surface area contributed by atoms with Gasteiger partial charge in [0.2, 0.25) is 0 Å². The quantitative estimate of drug-likeness (QED) is 0.821. The second-order valence-corrected chi connectivity index (χ2v) is 7.37. The highest BCUT2D eigenvalue weighted by Gasteiger charge is 2.22. The average Bonchev–Trinajstić information content (AvgIpc) is 2.69. The van der Waals surface area contributed by atoms with Gasteiger partial charge < -0.3 is 0 Å². The van der Waals surface area contributed by atoms with Crippen molar-refractivity contribution >= 4 is 11.6 Å². The van der Waals surface area contributed by atoms with Crippen LogP contribution in [0, 0.1) is 0 Å². The van der Waals surface area contributed by atoms with Crippen LogP contribution in [0.3, 0.4) is 0 Å². The van der Waals surface area contributed by atoms with Gasteiger partial charge in [0.1, 0.15) is 0 Å². The highest BCUT2D eigenvalue weighted by Crippen LogP contribution is 2.24. The topological polar surface area (TPSA) is 32.7 Å². The average molecular weight is 346 g/mol. The Bertz CT molecular complexity index is 830. The van der Waals surface area contributed by atoms with Crippen molar-refractivity contribution in [2.24, 2.45) is 4.99 Å². The second kappa shape index (κ2) is 7.55. The van der Waals surface area contributed by atoms with Gasteiger partial charge in [-0.2, -0.15) is 0 Å². The normalized spacial score (nSPS) is 17.7. The van der Waals surface area contributed by atoms with Gasteiger partial charge in [-0.3, -0.25) is 9.69 Å². The Morgan fingerprint density at radius 2 is 1.77 bits per heavy atom. The van der Waals surface area contributed by atoms with Crippen molar-refractivity contribution in [1.29, 1.82) is 0 Å². The molecule has 2 heterocycles. The number of nitrogens with zero attached hydrogens (tertiary/aromatic N) is 2. The van der Waals surface area contributed by atoms with Crippen molar-refractivity contribution in [3.05, 3.63) is 70.3 Å². The third-order valence-electron chi connectivity index (χ3n) is 5.61. The molecule has 0 radical (unpaired) electrons. The summed E-state index contributed by atoms with van der Waals surface area (Å²) in [7, 11) is 0. The summed E-state index contributed by atoms with van der Waals surface area (Å²) in [6.45, 7) is 5.58. The molecule has 0 spiro atoms. The maximum atomic E-state index is 12.5. The number of hydrogen-bond acceptors (Lipinski definition) is 2. The second-order valence-electron chi connectivity index (χ2n) is 7.37. The summed E-state index contributed by atoms with van der Waals surface area (Å²) in [4.78, 5) is 19.4. The molecule has 1 fully saturated rings. The fourth-order valence-corrected chi connectivity index (χ4v) is 4.11. The lowest BCUT2D eigenvalue weighted by Gasteiger charge is -2.26. The summed E-state index contributed by atoms with van der Waals surface area (Å²) in [6, 6.07) is 14.6. The van der Waals surface area contributed by atoms with E-state index >= 15 is 0 Å². The zero-order valence-electron chi connectivity index (χ0n) is 15.5. The van der Waals surface area contributed by atoms with Crippen molar-refractivity contribution in [1.82, 2.24) is 4.90 Å². The number of aliphatic imine (C=N–C) groups is 1. The highest BCUT2D eigenvalue weighted by atomic mass is 16.1. The van der Waals surface area contributed by atoms with Crippen molar-refractivity contribution in [2.45, 2.75) is 45.6 Å². The van der Waals surface area contributed by atoms with Gasteiger partial charge in [0.25, 0.3) is 5.91 Å². The van der Waals surface area contributed by atoms with Gasteiger partial charge in [0.15, 0.2) is 0 Å². The Morgan fingerprint density at radius 1 is 1.00 bits per heavy atom. The fourth-order valence-electron chi connectivity index (χ4n) is 4.11. The molecule has 0 saturated carbocycles. The molecule has 1 saturated heterocycles. The number of fused-ring (bicyclic) bond motifs is 1. The maximum Gasteiger partial charge on any atom is 0.277 e. The molecule has 4 rings (SSSR count). The summed E-state index contributed by atoms with van der Waals surface area (Å²) in [5.74, 6) is -0.103. The van der Waals surface area contributed by atoms with Crippen LogP contribution in [-0.2, 0) is 19.4 Å². The summed E-state index contributed by atoms with van der Waals surface area (Å²) >= 11 is 0. The van der Waals surface area contributed by atoms with Crippen LogP contribution >= 0.6 is 0 Å². The molecule has 2 aromatic rings. The molecule has 2 aliphatic heterocycles. The minimum Gasteiger partial charge on any atom is -0.299 e. The Hall–Kier alpha value is -2.26. The highest BCUT2D eigenvalue weighted by molar-refractivity contribution is 6.15. The van der Waals surface area contributed by atoms with Crippen molar-refractivity contribution in [3.63, 3.8) is 0 Å². The van der Waals surface area contributed by atoms with Gasteiger partial charge in [-0.25, -0.2) is 4.99 Å². The Labute approximate surface area is 155 Å². The van der Waals surface area contributed by atoms with Gasteiger partial charge in [-0.15, -0.1) is 0 Å². The molecule has 0 N–H and O–H groups in total. The van der Waals surface area contributed by atoms with Crippen LogP contribution in [0.15, 0.2) is 47.5 Å². The predicted octanol–water partition coefficient (Wildman–Crippen LogP) is 4.42. The Kier molecular flexibility index (Phi) is 4.98. The van der Waals surface area contributed by atoms with Crippen LogP contribution in [0.25, 0.3) is 0 Å².